The summed E-state index contributed by atoms with van der Waals surface area (Å²) in [4.78, 5) is 13.5. The summed E-state index contributed by atoms with van der Waals surface area (Å²) >= 11 is 5.29. The van der Waals surface area contributed by atoms with Crippen molar-refractivity contribution in [1.82, 2.24) is 15.5 Å². The molecule has 0 aliphatic heterocycles. The zero-order valence-electron chi connectivity index (χ0n) is 12.6. The largest absolute Gasteiger partial charge is 0.358 e. The second-order valence-corrected chi connectivity index (χ2v) is 5.41. The highest BCUT2D eigenvalue weighted by molar-refractivity contribution is 7.80. The van der Waals surface area contributed by atoms with Crippen molar-refractivity contribution in [3.63, 3.8) is 0 Å². The minimum atomic E-state index is -0.262. The zero-order chi connectivity index (χ0) is 15.8. The van der Waals surface area contributed by atoms with Crippen molar-refractivity contribution < 1.29 is 9.18 Å². The lowest BCUT2D eigenvalue weighted by Crippen LogP contribution is -2.46. The molecule has 1 aromatic carbocycles. The first-order chi connectivity index (χ1) is 9.92. The summed E-state index contributed by atoms with van der Waals surface area (Å²) in [5, 5.41) is 6.43. The number of hydrogen-bond acceptors (Lipinski definition) is 2. The summed E-state index contributed by atoms with van der Waals surface area (Å²) in [5.41, 5.74) is 0.932. The Hall–Kier alpha value is -1.69. The molecule has 0 aliphatic carbocycles. The van der Waals surface area contributed by atoms with E-state index in [4.69, 9.17) is 12.2 Å². The van der Waals surface area contributed by atoms with E-state index in [9.17, 15) is 9.18 Å². The first-order valence-electron chi connectivity index (χ1n) is 6.99. The van der Waals surface area contributed by atoms with Crippen molar-refractivity contribution in [2.45, 2.75) is 33.4 Å². The number of nitrogens with zero attached hydrogens (tertiary/aromatic N) is 1. The maximum atomic E-state index is 12.8. The Morgan fingerprint density at radius 1 is 1.33 bits per heavy atom. The van der Waals surface area contributed by atoms with Gasteiger partial charge in [0.15, 0.2) is 5.11 Å². The van der Waals surface area contributed by atoms with E-state index >= 15 is 0 Å². The van der Waals surface area contributed by atoms with Crippen LogP contribution in [-0.2, 0) is 11.3 Å². The number of rotatable bonds is 6. The molecule has 0 saturated carbocycles. The highest BCUT2D eigenvalue weighted by Crippen LogP contribution is 2.02. The maximum Gasteiger partial charge on any atom is 0.239 e. The van der Waals surface area contributed by atoms with E-state index in [1.54, 1.807) is 17.0 Å². The minimum Gasteiger partial charge on any atom is -0.358 e. The van der Waals surface area contributed by atoms with E-state index in [1.165, 1.54) is 12.1 Å². The highest BCUT2D eigenvalue weighted by atomic mass is 32.1. The number of carbonyl (C=O) groups excluding carboxylic acids is 1. The van der Waals surface area contributed by atoms with Gasteiger partial charge in [-0.15, -0.1) is 0 Å². The van der Waals surface area contributed by atoms with Gasteiger partial charge in [-0.05, 0) is 50.7 Å². The van der Waals surface area contributed by atoms with Crippen molar-refractivity contribution in [2.75, 3.05) is 13.1 Å². The normalized spacial score (nSPS) is 10.3. The van der Waals surface area contributed by atoms with Crippen LogP contribution < -0.4 is 10.6 Å². The van der Waals surface area contributed by atoms with E-state index in [-0.39, 0.29) is 24.3 Å². The van der Waals surface area contributed by atoms with Gasteiger partial charge < -0.3 is 15.5 Å². The molecule has 0 aliphatic rings. The van der Waals surface area contributed by atoms with Crippen molar-refractivity contribution in [1.29, 1.82) is 0 Å². The molecule has 21 heavy (non-hydrogen) atoms. The molecule has 0 saturated heterocycles. The summed E-state index contributed by atoms with van der Waals surface area (Å²) in [6, 6.07) is 6.33. The third-order valence-electron chi connectivity index (χ3n) is 2.81. The molecule has 0 aromatic heterocycles. The van der Waals surface area contributed by atoms with Crippen LogP contribution in [0.3, 0.4) is 0 Å². The van der Waals surface area contributed by atoms with Gasteiger partial charge in [0, 0.05) is 19.1 Å². The first-order valence-corrected chi connectivity index (χ1v) is 7.39. The molecule has 0 radical (unpaired) electrons. The molecule has 2 N–H and O–H groups in total. The Morgan fingerprint density at radius 2 is 1.95 bits per heavy atom. The molecule has 1 amide bonds. The van der Waals surface area contributed by atoms with Crippen LogP contribution >= 0.6 is 12.2 Å². The first kappa shape index (κ1) is 17.4. The lowest BCUT2D eigenvalue weighted by Gasteiger charge is -2.24. The molecule has 0 unspecified atom stereocenters. The Kier molecular flexibility index (Phi) is 7.08. The molecule has 0 spiro atoms. The van der Waals surface area contributed by atoms with Crippen LogP contribution in [0.5, 0.6) is 0 Å². The summed E-state index contributed by atoms with van der Waals surface area (Å²) in [6.07, 6.45) is 0. The van der Waals surface area contributed by atoms with E-state index < -0.39 is 0 Å². The number of hydrogen-bond donors (Lipinski definition) is 2. The summed E-state index contributed by atoms with van der Waals surface area (Å²) in [5.74, 6) is -0.320. The predicted octanol–water partition coefficient (Wildman–Crippen LogP) is 2.05. The molecule has 1 aromatic rings. The molecule has 0 heterocycles. The summed E-state index contributed by atoms with van der Waals surface area (Å²) in [7, 11) is 0. The predicted molar refractivity (Wildman–Crippen MR) is 86.4 cm³/mol. The number of likely N-dealkylation sites (N-methyl/N-ethyl adjacent to an activating group) is 1. The topological polar surface area (TPSA) is 44.4 Å². The number of nitrogens with one attached hydrogen (secondary N) is 2. The number of carbonyl (C=O) groups is 1. The number of benzene rings is 1. The van der Waals surface area contributed by atoms with Crippen LogP contribution in [0.2, 0.25) is 0 Å². The maximum absolute atomic E-state index is 12.8. The molecule has 116 valence electrons. The fourth-order valence-corrected chi connectivity index (χ4v) is 2.03. The fourth-order valence-electron chi connectivity index (χ4n) is 1.76. The van der Waals surface area contributed by atoms with Gasteiger partial charge in [-0.1, -0.05) is 12.1 Å². The fraction of sp³-hybridized carbons (Fsp3) is 0.467. The molecule has 4 nitrogen and oxygen atoms in total. The Bertz CT molecular complexity index is 476. The van der Waals surface area contributed by atoms with Crippen LogP contribution in [0.25, 0.3) is 0 Å². The van der Waals surface area contributed by atoms with Gasteiger partial charge in [-0.25, -0.2) is 4.39 Å². The van der Waals surface area contributed by atoms with Crippen LogP contribution in [0, 0.1) is 5.82 Å². The molecular weight excluding hydrogens is 289 g/mol. The lowest BCUT2D eigenvalue weighted by atomic mass is 10.2. The van der Waals surface area contributed by atoms with Gasteiger partial charge in [-0.3, -0.25) is 4.79 Å². The van der Waals surface area contributed by atoms with Crippen LogP contribution in [0.15, 0.2) is 24.3 Å². The average Bonchev–Trinajstić information content (AvgIpc) is 2.43. The summed E-state index contributed by atoms with van der Waals surface area (Å²) < 4.78 is 12.8. The van der Waals surface area contributed by atoms with Gasteiger partial charge in [0.25, 0.3) is 0 Å². The third kappa shape index (κ3) is 6.53. The van der Waals surface area contributed by atoms with Crippen molar-refractivity contribution in [3.8, 4) is 0 Å². The third-order valence-corrected chi connectivity index (χ3v) is 3.21. The minimum absolute atomic E-state index is 0.0576. The molecule has 6 heteroatoms. The van der Waals surface area contributed by atoms with Gasteiger partial charge in [-0.2, -0.15) is 0 Å². The van der Waals surface area contributed by atoms with Crippen LogP contribution in [0.4, 0.5) is 4.39 Å². The quantitative estimate of drug-likeness (QED) is 0.789. The van der Waals surface area contributed by atoms with Gasteiger partial charge in [0.05, 0.1) is 6.54 Å². The standard InChI is InChI=1S/C15H22FN3OS/c1-4-19(10-14(20)18-11(2)3)15(21)17-9-12-5-7-13(16)8-6-12/h5-8,11H,4,9-10H2,1-3H3,(H,17,21)(H,18,20). The van der Waals surface area contributed by atoms with E-state index in [1.807, 2.05) is 20.8 Å². The molecule has 0 atom stereocenters. The second-order valence-electron chi connectivity index (χ2n) is 5.02. The van der Waals surface area contributed by atoms with E-state index in [0.29, 0.717) is 18.2 Å². The lowest BCUT2D eigenvalue weighted by molar-refractivity contribution is -0.121. The van der Waals surface area contributed by atoms with Gasteiger partial charge in [0.1, 0.15) is 5.82 Å². The van der Waals surface area contributed by atoms with E-state index in [2.05, 4.69) is 10.6 Å². The van der Waals surface area contributed by atoms with Crippen LogP contribution in [-0.4, -0.2) is 35.1 Å². The van der Waals surface area contributed by atoms with Gasteiger partial charge >= 0.3 is 0 Å². The Labute approximate surface area is 130 Å². The van der Waals surface area contributed by atoms with Crippen molar-refractivity contribution in [3.05, 3.63) is 35.6 Å². The number of halogens is 1. The van der Waals surface area contributed by atoms with Gasteiger partial charge in [0.2, 0.25) is 5.91 Å². The number of thiocarbonyl (C=S) groups is 1. The highest BCUT2D eigenvalue weighted by Gasteiger charge is 2.12. The van der Waals surface area contributed by atoms with Crippen LogP contribution in [0.1, 0.15) is 26.3 Å². The molecular formula is C15H22FN3OS. The average molecular weight is 311 g/mol. The molecule has 1 rings (SSSR count). The zero-order valence-corrected chi connectivity index (χ0v) is 13.5. The number of amides is 1. The van der Waals surface area contributed by atoms with Crippen molar-refractivity contribution in [2.24, 2.45) is 0 Å². The SMILES string of the molecule is CCN(CC(=O)NC(C)C)C(=S)NCc1ccc(F)cc1. The second kappa shape index (κ2) is 8.56. The van der Waals surface area contributed by atoms with Crippen molar-refractivity contribution >= 4 is 23.2 Å². The summed E-state index contributed by atoms with van der Waals surface area (Å²) in [6.45, 7) is 7.14. The monoisotopic (exact) mass is 311 g/mol. The Balaban J connectivity index is 2.47. The van der Waals surface area contributed by atoms with E-state index in [0.717, 1.165) is 5.56 Å². The smallest absolute Gasteiger partial charge is 0.239 e. The molecule has 0 fully saturated rings. The Morgan fingerprint density at radius 3 is 2.48 bits per heavy atom. The molecule has 0 bridgehead atoms.